The molecule has 0 bridgehead atoms. The van der Waals surface area contributed by atoms with E-state index in [-0.39, 0.29) is 12.0 Å². The van der Waals surface area contributed by atoms with Crippen LogP contribution >= 0.6 is 0 Å². The zero-order valence-electron chi connectivity index (χ0n) is 7.31. The highest BCUT2D eigenvalue weighted by Gasteiger charge is 2.12. The smallest absolute Gasteiger partial charge is 0.0626 e. The van der Waals surface area contributed by atoms with Crippen LogP contribution in [0.1, 0.15) is 27.7 Å². The largest absolute Gasteiger partial charge is 0.394 e. The van der Waals surface area contributed by atoms with Crippen LogP contribution in [-0.4, -0.2) is 24.0 Å². The first-order chi connectivity index (χ1) is 4.48. The second-order valence-corrected chi connectivity index (χ2v) is 3.44. The van der Waals surface area contributed by atoms with Crippen LogP contribution in [0.5, 0.6) is 0 Å². The molecule has 0 amide bonds. The van der Waals surface area contributed by atoms with Crippen molar-refractivity contribution in [3.8, 4) is 0 Å². The molecule has 0 saturated heterocycles. The average Bonchev–Trinajstić information content (AvgIpc) is 1.80. The van der Waals surface area contributed by atoms with Crippen molar-refractivity contribution in [1.29, 1.82) is 0 Å². The van der Waals surface area contributed by atoms with Crippen LogP contribution in [0.15, 0.2) is 4.99 Å². The van der Waals surface area contributed by atoms with Gasteiger partial charge in [-0.3, -0.25) is 4.99 Å². The van der Waals surface area contributed by atoms with Gasteiger partial charge in [0.2, 0.25) is 0 Å². The van der Waals surface area contributed by atoms with Crippen LogP contribution in [0.2, 0.25) is 0 Å². The number of aliphatic imine (C=N–C) groups is 1. The predicted molar refractivity (Wildman–Crippen MR) is 44.5 cm³/mol. The normalized spacial score (nSPS) is 13.9. The Morgan fingerprint density at radius 1 is 1.40 bits per heavy atom. The lowest BCUT2D eigenvalue weighted by Gasteiger charge is -2.17. The third-order valence-corrected chi connectivity index (χ3v) is 1.53. The topological polar surface area (TPSA) is 32.6 Å². The molecule has 0 saturated carbocycles. The quantitative estimate of drug-likeness (QED) is 0.583. The average molecular weight is 143 g/mol. The minimum absolute atomic E-state index is 0.146. The summed E-state index contributed by atoms with van der Waals surface area (Å²) in [4.78, 5) is 4.18. The summed E-state index contributed by atoms with van der Waals surface area (Å²) in [5, 5.41) is 8.47. The molecule has 2 nitrogen and oxygen atoms in total. The number of aliphatic hydroxyl groups is 1. The zero-order valence-corrected chi connectivity index (χ0v) is 7.31. The molecule has 0 aromatic carbocycles. The fraction of sp³-hybridized carbons (Fsp3) is 0.875. The summed E-state index contributed by atoms with van der Waals surface area (Å²) in [6.45, 7) is 9.02. The third-order valence-electron chi connectivity index (χ3n) is 1.53. The summed E-state index contributed by atoms with van der Waals surface area (Å²) in [6, 6.07) is 0. The molecule has 0 radical (unpaired) electrons. The van der Waals surface area contributed by atoms with Gasteiger partial charge in [0.15, 0.2) is 0 Å². The molecular formula is C8H17NO. The molecule has 0 aliphatic rings. The highest BCUT2D eigenvalue weighted by Crippen LogP contribution is 2.15. The van der Waals surface area contributed by atoms with Crippen molar-refractivity contribution in [1.82, 2.24) is 0 Å². The minimum Gasteiger partial charge on any atom is -0.394 e. The second-order valence-electron chi connectivity index (χ2n) is 3.44. The van der Waals surface area contributed by atoms with Crippen LogP contribution < -0.4 is 0 Å². The number of nitrogens with zero attached hydrogens (tertiary/aromatic N) is 1. The Hall–Kier alpha value is -0.370. The Morgan fingerprint density at radius 2 is 1.90 bits per heavy atom. The maximum Gasteiger partial charge on any atom is 0.0626 e. The molecule has 0 aromatic rings. The second kappa shape index (κ2) is 3.71. The SMILES string of the molecule is CC(=NCCO)C(C)(C)C. The fourth-order valence-electron chi connectivity index (χ4n) is 0.455. The summed E-state index contributed by atoms with van der Waals surface area (Å²) in [6.07, 6.45) is 0. The van der Waals surface area contributed by atoms with Gasteiger partial charge in [-0.1, -0.05) is 20.8 Å². The molecule has 0 unspecified atom stereocenters. The Balaban J connectivity index is 3.93. The molecule has 0 aliphatic carbocycles. The van der Waals surface area contributed by atoms with Gasteiger partial charge in [0.25, 0.3) is 0 Å². The Labute approximate surface area is 63.0 Å². The fourth-order valence-corrected chi connectivity index (χ4v) is 0.455. The van der Waals surface area contributed by atoms with Gasteiger partial charge >= 0.3 is 0 Å². The van der Waals surface area contributed by atoms with E-state index in [0.29, 0.717) is 6.54 Å². The van der Waals surface area contributed by atoms with Crippen molar-refractivity contribution in [2.75, 3.05) is 13.2 Å². The van der Waals surface area contributed by atoms with E-state index in [9.17, 15) is 0 Å². The Kier molecular flexibility index (Phi) is 3.58. The molecule has 0 fully saturated rings. The predicted octanol–water partition coefficient (Wildman–Crippen LogP) is 1.49. The van der Waals surface area contributed by atoms with Crippen molar-refractivity contribution in [2.45, 2.75) is 27.7 Å². The van der Waals surface area contributed by atoms with Crippen molar-refractivity contribution < 1.29 is 5.11 Å². The van der Waals surface area contributed by atoms with Gasteiger partial charge in [-0.05, 0) is 12.3 Å². The molecule has 0 aliphatic heterocycles. The van der Waals surface area contributed by atoms with E-state index in [1.807, 2.05) is 6.92 Å². The lowest BCUT2D eigenvalue weighted by molar-refractivity contribution is 0.306. The first-order valence-electron chi connectivity index (χ1n) is 3.61. The summed E-state index contributed by atoms with van der Waals surface area (Å²) >= 11 is 0. The van der Waals surface area contributed by atoms with Gasteiger partial charge in [-0.2, -0.15) is 0 Å². The van der Waals surface area contributed by atoms with E-state index < -0.39 is 0 Å². The summed E-state index contributed by atoms with van der Waals surface area (Å²) in [7, 11) is 0. The lowest BCUT2D eigenvalue weighted by Crippen LogP contribution is -2.17. The molecule has 60 valence electrons. The van der Waals surface area contributed by atoms with Crippen molar-refractivity contribution in [3.63, 3.8) is 0 Å². The molecule has 0 aromatic heterocycles. The summed E-state index contributed by atoms with van der Waals surface area (Å²) < 4.78 is 0. The minimum atomic E-state index is 0.146. The maximum atomic E-state index is 8.47. The molecule has 0 atom stereocenters. The first kappa shape index (κ1) is 9.63. The number of rotatable bonds is 2. The zero-order chi connectivity index (χ0) is 8.20. The number of hydrogen-bond acceptors (Lipinski definition) is 2. The molecule has 1 N–H and O–H groups in total. The van der Waals surface area contributed by atoms with E-state index in [0.717, 1.165) is 5.71 Å². The standard InChI is InChI=1S/C8H17NO/c1-7(8(2,3)4)9-5-6-10/h10H,5-6H2,1-4H3. The monoisotopic (exact) mass is 143 g/mol. The maximum absolute atomic E-state index is 8.47. The van der Waals surface area contributed by atoms with Crippen molar-refractivity contribution >= 4 is 5.71 Å². The lowest BCUT2D eigenvalue weighted by atomic mass is 9.91. The van der Waals surface area contributed by atoms with Crippen LogP contribution in [-0.2, 0) is 0 Å². The van der Waals surface area contributed by atoms with Crippen LogP contribution in [0.4, 0.5) is 0 Å². The van der Waals surface area contributed by atoms with E-state index in [2.05, 4.69) is 25.8 Å². The molecule has 0 heterocycles. The van der Waals surface area contributed by atoms with Gasteiger partial charge in [-0.25, -0.2) is 0 Å². The van der Waals surface area contributed by atoms with Crippen LogP contribution in [0, 0.1) is 5.41 Å². The van der Waals surface area contributed by atoms with E-state index in [1.165, 1.54) is 0 Å². The third kappa shape index (κ3) is 3.62. The van der Waals surface area contributed by atoms with Gasteiger partial charge in [0.05, 0.1) is 13.2 Å². The molecule has 2 heteroatoms. The van der Waals surface area contributed by atoms with Crippen LogP contribution in [0.25, 0.3) is 0 Å². The van der Waals surface area contributed by atoms with E-state index in [4.69, 9.17) is 5.11 Å². The van der Waals surface area contributed by atoms with E-state index in [1.54, 1.807) is 0 Å². The van der Waals surface area contributed by atoms with Gasteiger partial charge in [-0.15, -0.1) is 0 Å². The van der Waals surface area contributed by atoms with Crippen molar-refractivity contribution in [3.05, 3.63) is 0 Å². The number of aliphatic hydroxyl groups excluding tert-OH is 1. The van der Waals surface area contributed by atoms with Gasteiger partial charge < -0.3 is 5.11 Å². The van der Waals surface area contributed by atoms with Crippen LogP contribution in [0.3, 0.4) is 0 Å². The summed E-state index contributed by atoms with van der Waals surface area (Å²) in [5.41, 5.74) is 1.25. The number of hydrogen-bond donors (Lipinski definition) is 1. The van der Waals surface area contributed by atoms with Gasteiger partial charge in [0, 0.05) is 5.71 Å². The molecule has 10 heavy (non-hydrogen) atoms. The van der Waals surface area contributed by atoms with Gasteiger partial charge in [0.1, 0.15) is 0 Å². The van der Waals surface area contributed by atoms with E-state index >= 15 is 0 Å². The van der Waals surface area contributed by atoms with Crippen molar-refractivity contribution in [2.24, 2.45) is 10.4 Å². The summed E-state index contributed by atoms with van der Waals surface area (Å²) in [5.74, 6) is 0. The Bertz CT molecular complexity index is 122. The molecule has 0 rings (SSSR count). The highest BCUT2D eigenvalue weighted by molar-refractivity contribution is 5.86. The Morgan fingerprint density at radius 3 is 2.20 bits per heavy atom. The molecule has 0 spiro atoms. The first-order valence-corrected chi connectivity index (χ1v) is 3.61. The highest BCUT2D eigenvalue weighted by atomic mass is 16.3. The molecular weight excluding hydrogens is 126 g/mol.